The highest BCUT2D eigenvalue weighted by molar-refractivity contribution is 7.80. The molecule has 2 heterocycles. The molecule has 8 heteroatoms. The lowest BCUT2D eigenvalue weighted by atomic mass is 9.78. The van der Waals surface area contributed by atoms with Gasteiger partial charge < -0.3 is 25.0 Å². The number of nitrogens with zero attached hydrogens (tertiary/aromatic N) is 1. The van der Waals surface area contributed by atoms with Crippen molar-refractivity contribution in [2.24, 2.45) is 5.92 Å². The topological polar surface area (TPSA) is 62.8 Å². The van der Waals surface area contributed by atoms with Crippen molar-refractivity contribution in [3.05, 3.63) is 53.1 Å². The number of fused-ring (bicyclic) bond motifs is 4. The summed E-state index contributed by atoms with van der Waals surface area (Å²) in [6.07, 6.45) is 0. The van der Waals surface area contributed by atoms with E-state index in [0.29, 0.717) is 33.9 Å². The lowest BCUT2D eigenvalue weighted by Crippen LogP contribution is -2.71. The molecule has 2 bridgehead atoms. The number of ether oxygens (including phenoxy) is 2. The Bertz CT molecular complexity index is 968. The summed E-state index contributed by atoms with van der Waals surface area (Å²) in [5.74, 6) is 0.540. The number of hydrogen-bond acceptors (Lipinski definition) is 4. The molecule has 2 aliphatic heterocycles. The minimum absolute atomic E-state index is 0.165. The van der Waals surface area contributed by atoms with Crippen molar-refractivity contribution in [1.82, 2.24) is 10.2 Å². The number of amides is 1. The maximum absolute atomic E-state index is 13.4. The number of benzene rings is 2. The van der Waals surface area contributed by atoms with Gasteiger partial charge in [-0.05, 0) is 56.4 Å². The van der Waals surface area contributed by atoms with Crippen LogP contribution < -0.4 is 20.1 Å². The minimum Gasteiger partial charge on any atom is -0.493 e. The number of rotatable bonds is 4. The zero-order chi connectivity index (χ0) is 20.8. The summed E-state index contributed by atoms with van der Waals surface area (Å²) in [5.41, 5.74) is 0.541. The zero-order valence-electron chi connectivity index (χ0n) is 16.4. The largest absolute Gasteiger partial charge is 0.493 e. The van der Waals surface area contributed by atoms with Crippen LogP contribution in [-0.2, 0) is 4.79 Å². The fourth-order valence-electron chi connectivity index (χ4n) is 4.21. The van der Waals surface area contributed by atoms with E-state index in [1.54, 1.807) is 31.4 Å². The number of halogens is 1. The molecule has 0 saturated carbocycles. The normalized spacial score (nSPS) is 24.8. The van der Waals surface area contributed by atoms with Crippen LogP contribution in [0.15, 0.2) is 42.5 Å². The van der Waals surface area contributed by atoms with Crippen LogP contribution in [0.1, 0.15) is 25.5 Å². The number of para-hydroxylation sites is 1. The van der Waals surface area contributed by atoms with Crippen molar-refractivity contribution >= 4 is 40.5 Å². The Morgan fingerprint density at radius 3 is 2.72 bits per heavy atom. The molecule has 2 aliphatic rings. The van der Waals surface area contributed by atoms with E-state index in [9.17, 15) is 4.79 Å². The number of nitrogens with one attached hydrogen (secondary N) is 2. The highest BCUT2D eigenvalue weighted by Crippen LogP contribution is 2.51. The molecule has 1 saturated heterocycles. The molecular weight excluding hydrogens is 410 g/mol. The van der Waals surface area contributed by atoms with Crippen LogP contribution in [0.25, 0.3) is 0 Å². The van der Waals surface area contributed by atoms with Gasteiger partial charge >= 0.3 is 0 Å². The standard InChI is InChI=1S/C21H22ClN3O3S/c1-4-25-20(29)24-17-14-6-5-7-15(27-3)18(14)28-21(25,2)16(17)19(26)23-13-10-8-12(22)9-11-13/h5-11,16-17H,4H2,1-3H3,(H,23,26)(H,24,29)/t16-,17+,21-/m0/s1. The van der Waals surface area contributed by atoms with Gasteiger partial charge in [0, 0.05) is 22.8 Å². The molecule has 2 aromatic carbocycles. The van der Waals surface area contributed by atoms with Crippen molar-refractivity contribution in [3.8, 4) is 11.5 Å². The molecular formula is C21H22ClN3O3S. The molecule has 6 nitrogen and oxygen atoms in total. The Hall–Kier alpha value is -2.51. The molecule has 1 fully saturated rings. The first kappa shape index (κ1) is 19.8. The molecule has 0 radical (unpaired) electrons. The second-order valence-corrected chi connectivity index (χ2v) is 8.00. The van der Waals surface area contributed by atoms with Gasteiger partial charge in [0.05, 0.1) is 13.2 Å². The Morgan fingerprint density at radius 1 is 1.34 bits per heavy atom. The fourth-order valence-corrected chi connectivity index (χ4v) is 4.77. The second kappa shape index (κ2) is 7.39. The first-order chi connectivity index (χ1) is 13.9. The van der Waals surface area contributed by atoms with Gasteiger partial charge in [-0.25, -0.2) is 0 Å². The highest BCUT2D eigenvalue weighted by Gasteiger charge is 2.58. The molecule has 3 atom stereocenters. The third kappa shape index (κ3) is 3.18. The van der Waals surface area contributed by atoms with Crippen molar-refractivity contribution < 1.29 is 14.3 Å². The van der Waals surface area contributed by atoms with Crippen LogP contribution in [0, 0.1) is 5.92 Å². The van der Waals surface area contributed by atoms with E-state index in [4.69, 9.17) is 33.3 Å². The van der Waals surface area contributed by atoms with E-state index in [1.165, 1.54) is 0 Å². The van der Waals surface area contributed by atoms with Crippen molar-refractivity contribution in [2.75, 3.05) is 19.0 Å². The highest BCUT2D eigenvalue weighted by atomic mass is 35.5. The summed E-state index contributed by atoms with van der Waals surface area (Å²) in [4.78, 5) is 15.3. The van der Waals surface area contributed by atoms with Crippen LogP contribution in [0.4, 0.5) is 5.69 Å². The van der Waals surface area contributed by atoms with Crippen molar-refractivity contribution in [3.63, 3.8) is 0 Å². The third-order valence-corrected chi connectivity index (χ3v) is 6.14. The maximum atomic E-state index is 13.4. The second-order valence-electron chi connectivity index (χ2n) is 7.18. The minimum atomic E-state index is -0.972. The van der Waals surface area contributed by atoms with Crippen LogP contribution >= 0.6 is 23.8 Å². The monoisotopic (exact) mass is 431 g/mol. The quantitative estimate of drug-likeness (QED) is 0.714. The van der Waals surface area contributed by atoms with Gasteiger partial charge in [-0.3, -0.25) is 4.79 Å². The summed E-state index contributed by atoms with van der Waals surface area (Å²) in [5, 5.41) is 7.51. The van der Waals surface area contributed by atoms with Crippen LogP contribution in [-0.4, -0.2) is 35.3 Å². The van der Waals surface area contributed by atoms with Crippen molar-refractivity contribution in [2.45, 2.75) is 25.6 Å². The van der Waals surface area contributed by atoms with Gasteiger partial charge in [-0.2, -0.15) is 0 Å². The Balaban J connectivity index is 1.78. The molecule has 2 N–H and O–H groups in total. The SMILES string of the molecule is CCN1C(=S)N[C@@H]2c3cccc(OC)c3O[C@@]1(C)[C@@H]2C(=O)Nc1ccc(Cl)cc1. The number of carbonyl (C=O) groups excluding carboxylic acids is 1. The van der Waals surface area contributed by atoms with Gasteiger partial charge in [0.1, 0.15) is 5.92 Å². The van der Waals surface area contributed by atoms with Gasteiger partial charge in [0.15, 0.2) is 22.3 Å². The number of thiocarbonyl (C=S) groups is 1. The van der Waals surface area contributed by atoms with E-state index < -0.39 is 11.6 Å². The molecule has 29 heavy (non-hydrogen) atoms. The summed E-state index contributed by atoms with van der Waals surface area (Å²) in [6, 6.07) is 12.3. The Labute approximate surface area is 180 Å². The predicted octanol–water partition coefficient (Wildman–Crippen LogP) is 3.96. The van der Waals surface area contributed by atoms with Gasteiger partial charge in [0.25, 0.3) is 0 Å². The smallest absolute Gasteiger partial charge is 0.236 e. The first-order valence-corrected chi connectivity index (χ1v) is 10.2. The summed E-state index contributed by atoms with van der Waals surface area (Å²) >= 11 is 11.5. The molecule has 0 unspecified atom stereocenters. The molecule has 1 amide bonds. The Morgan fingerprint density at radius 2 is 2.07 bits per heavy atom. The number of anilines is 1. The molecule has 0 aliphatic carbocycles. The Kier molecular flexibility index (Phi) is 5.04. The zero-order valence-corrected chi connectivity index (χ0v) is 17.9. The summed E-state index contributed by atoms with van der Waals surface area (Å²) in [7, 11) is 1.60. The van der Waals surface area contributed by atoms with E-state index in [1.807, 2.05) is 36.9 Å². The average Bonchev–Trinajstić information content (AvgIpc) is 2.69. The molecule has 0 aromatic heterocycles. The summed E-state index contributed by atoms with van der Waals surface area (Å²) < 4.78 is 12.0. The third-order valence-electron chi connectivity index (χ3n) is 5.55. The lowest BCUT2D eigenvalue weighted by Gasteiger charge is -2.56. The number of hydrogen-bond donors (Lipinski definition) is 2. The van der Waals surface area contributed by atoms with Crippen molar-refractivity contribution in [1.29, 1.82) is 0 Å². The molecule has 4 rings (SSSR count). The average molecular weight is 432 g/mol. The van der Waals surface area contributed by atoms with E-state index in [-0.39, 0.29) is 11.9 Å². The van der Waals surface area contributed by atoms with Gasteiger partial charge in [-0.1, -0.05) is 23.7 Å². The van der Waals surface area contributed by atoms with Crippen LogP contribution in [0.2, 0.25) is 5.02 Å². The molecule has 2 aromatic rings. The van der Waals surface area contributed by atoms with Crippen LogP contribution in [0.5, 0.6) is 11.5 Å². The van der Waals surface area contributed by atoms with Gasteiger partial charge in [-0.15, -0.1) is 0 Å². The van der Waals surface area contributed by atoms with Crippen LogP contribution in [0.3, 0.4) is 0 Å². The molecule has 0 spiro atoms. The number of methoxy groups -OCH3 is 1. The van der Waals surface area contributed by atoms with E-state index in [0.717, 1.165) is 5.56 Å². The fraction of sp³-hybridized carbons (Fsp3) is 0.333. The van der Waals surface area contributed by atoms with Gasteiger partial charge in [0.2, 0.25) is 5.91 Å². The predicted molar refractivity (Wildman–Crippen MR) is 116 cm³/mol. The van der Waals surface area contributed by atoms with E-state index in [2.05, 4.69) is 10.6 Å². The first-order valence-electron chi connectivity index (χ1n) is 9.39. The number of carbonyl (C=O) groups is 1. The summed E-state index contributed by atoms with van der Waals surface area (Å²) in [6.45, 7) is 4.47. The maximum Gasteiger partial charge on any atom is 0.236 e. The lowest BCUT2D eigenvalue weighted by molar-refractivity contribution is -0.149. The molecule has 152 valence electrons. The van der Waals surface area contributed by atoms with E-state index >= 15 is 0 Å².